The monoisotopic (exact) mass is 357 g/mol. The second-order valence-electron chi connectivity index (χ2n) is 5.71. The molecule has 0 fully saturated rings. The molecule has 2 aromatic rings. The fourth-order valence-corrected chi connectivity index (χ4v) is 2.27. The molecule has 0 unspecified atom stereocenters. The van der Waals surface area contributed by atoms with Gasteiger partial charge >= 0.3 is 0 Å². The lowest BCUT2D eigenvalue weighted by Gasteiger charge is -2.13. The first-order valence-corrected chi connectivity index (χ1v) is 8.76. The van der Waals surface area contributed by atoms with E-state index >= 15 is 0 Å². The van der Waals surface area contributed by atoms with Crippen LogP contribution in [0.25, 0.3) is 0 Å². The predicted molar refractivity (Wildman–Crippen MR) is 105 cm³/mol. The zero-order valence-electron chi connectivity index (χ0n) is 15.4. The van der Waals surface area contributed by atoms with Crippen LogP contribution in [-0.2, 0) is 11.3 Å². The number of methoxy groups -OCH3 is 1. The Bertz CT molecular complexity index is 687. The zero-order chi connectivity index (χ0) is 18.6. The number of ether oxygens (including phenoxy) is 2. The summed E-state index contributed by atoms with van der Waals surface area (Å²) in [6.45, 7) is 4.60. The number of hydrogen-bond acceptors (Lipinski definition) is 4. The molecule has 0 spiro atoms. The van der Waals surface area contributed by atoms with E-state index in [1.807, 2.05) is 43.3 Å². The minimum Gasteiger partial charge on any atom is -0.508 e. The average molecular weight is 357 g/mol. The summed E-state index contributed by atoms with van der Waals surface area (Å²) in [4.78, 5) is 4.58. The SMILES string of the molecule is CCNC(=NCc1ccc(O)cc1)Nc1cccc(OCCCOC)c1. The summed E-state index contributed by atoms with van der Waals surface area (Å²) < 4.78 is 10.7. The van der Waals surface area contributed by atoms with Crippen LogP contribution in [0, 0.1) is 0 Å². The van der Waals surface area contributed by atoms with Crippen LogP contribution in [-0.4, -0.2) is 37.9 Å². The fraction of sp³-hybridized carbons (Fsp3) is 0.350. The van der Waals surface area contributed by atoms with Gasteiger partial charge in [0.05, 0.1) is 13.2 Å². The van der Waals surface area contributed by atoms with E-state index in [2.05, 4.69) is 15.6 Å². The number of phenols is 1. The summed E-state index contributed by atoms with van der Waals surface area (Å²) >= 11 is 0. The molecule has 2 rings (SSSR count). The number of anilines is 1. The first-order valence-electron chi connectivity index (χ1n) is 8.76. The highest BCUT2D eigenvalue weighted by molar-refractivity contribution is 5.93. The van der Waals surface area contributed by atoms with Crippen molar-refractivity contribution in [1.29, 1.82) is 0 Å². The van der Waals surface area contributed by atoms with Crippen LogP contribution < -0.4 is 15.4 Å². The number of nitrogens with one attached hydrogen (secondary N) is 2. The number of rotatable bonds is 9. The number of phenolic OH excluding ortho intramolecular Hbond substituents is 1. The molecule has 0 atom stereocenters. The topological polar surface area (TPSA) is 75.1 Å². The molecule has 2 aromatic carbocycles. The van der Waals surface area contributed by atoms with Gasteiger partial charge < -0.3 is 25.2 Å². The Labute approximate surface area is 154 Å². The van der Waals surface area contributed by atoms with Crippen LogP contribution in [0.3, 0.4) is 0 Å². The summed E-state index contributed by atoms with van der Waals surface area (Å²) in [5, 5.41) is 15.9. The molecule has 0 saturated carbocycles. The predicted octanol–water partition coefficient (Wildman–Crippen LogP) is 3.39. The Kier molecular flexibility index (Phi) is 8.29. The van der Waals surface area contributed by atoms with E-state index in [-0.39, 0.29) is 5.75 Å². The molecule has 6 nitrogen and oxygen atoms in total. The van der Waals surface area contributed by atoms with Crippen molar-refractivity contribution >= 4 is 11.6 Å². The molecule has 0 bridgehead atoms. The molecule has 6 heteroatoms. The first-order chi connectivity index (χ1) is 12.7. The summed E-state index contributed by atoms with van der Waals surface area (Å²) in [5.74, 6) is 1.75. The molecular weight excluding hydrogens is 330 g/mol. The number of aromatic hydroxyl groups is 1. The van der Waals surface area contributed by atoms with Crippen LogP contribution >= 0.6 is 0 Å². The molecule has 26 heavy (non-hydrogen) atoms. The molecule has 0 aliphatic heterocycles. The van der Waals surface area contributed by atoms with Crippen LogP contribution in [0.2, 0.25) is 0 Å². The number of nitrogens with zero attached hydrogens (tertiary/aromatic N) is 1. The molecule has 0 radical (unpaired) electrons. The second-order valence-corrected chi connectivity index (χ2v) is 5.71. The highest BCUT2D eigenvalue weighted by atomic mass is 16.5. The van der Waals surface area contributed by atoms with Gasteiger partial charge in [0.25, 0.3) is 0 Å². The van der Waals surface area contributed by atoms with Crippen molar-refractivity contribution in [2.75, 3.05) is 32.2 Å². The van der Waals surface area contributed by atoms with Gasteiger partial charge in [-0.3, -0.25) is 0 Å². The van der Waals surface area contributed by atoms with E-state index in [1.165, 1.54) is 0 Å². The smallest absolute Gasteiger partial charge is 0.196 e. The minimum absolute atomic E-state index is 0.255. The van der Waals surface area contributed by atoms with Crippen LogP contribution in [0.1, 0.15) is 18.9 Å². The Hall–Kier alpha value is -2.73. The molecule has 0 aromatic heterocycles. The van der Waals surface area contributed by atoms with Gasteiger partial charge in [0.2, 0.25) is 0 Å². The zero-order valence-corrected chi connectivity index (χ0v) is 15.4. The standard InChI is InChI=1S/C20H27N3O3/c1-3-21-20(22-15-16-8-10-18(24)11-9-16)23-17-6-4-7-19(14-17)26-13-5-12-25-2/h4,6-11,14,24H,3,5,12-13,15H2,1-2H3,(H2,21,22,23). The van der Waals surface area contributed by atoms with Crippen molar-refractivity contribution in [3.05, 3.63) is 54.1 Å². The normalized spacial score (nSPS) is 11.2. The van der Waals surface area contributed by atoms with Gasteiger partial charge in [0.15, 0.2) is 5.96 Å². The first kappa shape index (κ1) is 19.6. The molecular formula is C20H27N3O3. The maximum Gasteiger partial charge on any atom is 0.196 e. The van der Waals surface area contributed by atoms with Crippen LogP contribution in [0.15, 0.2) is 53.5 Å². The van der Waals surface area contributed by atoms with E-state index in [1.54, 1.807) is 19.2 Å². The summed E-state index contributed by atoms with van der Waals surface area (Å²) in [6, 6.07) is 14.8. The van der Waals surface area contributed by atoms with Gasteiger partial charge in [-0.25, -0.2) is 4.99 Å². The number of hydrogen-bond donors (Lipinski definition) is 3. The third kappa shape index (κ3) is 7.03. The Balaban J connectivity index is 1.97. The molecule has 0 aliphatic rings. The molecule has 140 valence electrons. The van der Waals surface area contributed by atoms with E-state index in [0.29, 0.717) is 25.7 Å². The lowest BCUT2D eigenvalue weighted by molar-refractivity contribution is 0.172. The molecule has 3 N–H and O–H groups in total. The van der Waals surface area contributed by atoms with Gasteiger partial charge in [-0.2, -0.15) is 0 Å². The number of aliphatic imine (C=N–C) groups is 1. The maximum absolute atomic E-state index is 9.35. The van der Waals surface area contributed by atoms with E-state index in [0.717, 1.165) is 30.0 Å². The Morgan fingerprint density at radius 3 is 2.65 bits per heavy atom. The van der Waals surface area contributed by atoms with Crippen LogP contribution in [0.4, 0.5) is 5.69 Å². The van der Waals surface area contributed by atoms with Crippen molar-refractivity contribution in [2.24, 2.45) is 4.99 Å². The molecule has 0 aliphatic carbocycles. The van der Waals surface area contributed by atoms with Gasteiger partial charge in [0, 0.05) is 38.4 Å². The van der Waals surface area contributed by atoms with Crippen molar-refractivity contribution < 1.29 is 14.6 Å². The highest BCUT2D eigenvalue weighted by Crippen LogP contribution is 2.17. The largest absolute Gasteiger partial charge is 0.508 e. The van der Waals surface area contributed by atoms with Crippen molar-refractivity contribution in [2.45, 2.75) is 19.9 Å². The van der Waals surface area contributed by atoms with Gasteiger partial charge in [-0.05, 0) is 36.8 Å². The lowest BCUT2D eigenvalue weighted by atomic mass is 10.2. The van der Waals surface area contributed by atoms with Crippen LogP contribution in [0.5, 0.6) is 11.5 Å². The van der Waals surface area contributed by atoms with Crippen molar-refractivity contribution in [3.63, 3.8) is 0 Å². The minimum atomic E-state index is 0.255. The molecule has 0 amide bonds. The van der Waals surface area contributed by atoms with Gasteiger partial charge in [0.1, 0.15) is 11.5 Å². The third-order valence-electron chi connectivity index (χ3n) is 3.56. The van der Waals surface area contributed by atoms with Crippen molar-refractivity contribution in [3.8, 4) is 11.5 Å². The van der Waals surface area contributed by atoms with Gasteiger partial charge in [-0.15, -0.1) is 0 Å². The summed E-state index contributed by atoms with van der Waals surface area (Å²) in [5.41, 5.74) is 1.93. The lowest BCUT2D eigenvalue weighted by Crippen LogP contribution is -2.30. The van der Waals surface area contributed by atoms with Gasteiger partial charge in [-0.1, -0.05) is 18.2 Å². The number of guanidine groups is 1. The summed E-state index contributed by atoms with van der Waals surface area (Å²) in [7, 11) is 1.68. The Morgan fingerprint density at radius 2 is 1.92 bits per heavy atom. The van der Waals surface area contributed by atoms with E-state index < -0.39 is 0 Å². The van der Waals surface area contributed by atoms with Crippen molar-refractivity contribution in [1.82, 2.24) is 5.32 Å². The third-order valence-corrected chi connectivity index (χ3v) is 3.56. The van der Waals surface area contributed by atoms with E-state index in [4.69, 9.17) is 9.47 Å². The molecule has 0 saturated heterocycles. The highest BCUT2D eigenvalue weighted by Gasteiger charge is 2.02. The quantitative estimate of drug-likeness (QED) is 0.364. The Morgan fingerprint density at radius 1 is 1.12 bits per heavy atom. The summed E-state index contributed by atoms with van der Waals surface area (Å²) in [6.07, 6.45) is 0.852. The average Bonchev–Trinajstić information content (AvgIpc) is 2.65. The number of benzene rings is 2. The molecule has 0 heterocycles. The van der Waals surface area contributed by atoms with E-state index in [9.17, 15) is 5.11 Å². The second kappa shape index (κ2) is 11.0. The fourth-order valence-electron chi connectivity index (χ4n) is 2.27. The maximum atomic E-state index is 9.35.